The predicted molar refractivity (Wildman–Crippen MR) is 77.4 cm³/mol. The largest absolute Gasteiger partial charge is 0.497 e. The van der Waals surface area contributed by atoms with E-state index in [0.717, 1.165) is 4.88 Å². The summed E-state index contributed by atoms with van der Waals surface area (Å²) < 4.78 is 18.9. The van der Waals surface area contributed by atoms with Crippen molar-refractivity contribution in [1.29, 1.82) is 0 Å². The Bertz CT molecular complexity index is 556. The van der Waals surface area contributed by atoms with E-state index in [9.17, 15) is 4.39 Å². The van der Waals surface area contributed by atoms with E-state index >= 15 is 0 Å². The molecule has 1 unspecified atom stereocenters. The van der Waals surface area contributed by atoms with Gasteiger partial charge in [0.2, 0.25) is 0 Å². The highest BCUT2D eigenvalue weighted by molar-refractivity contribution is 7.12. The van der Waals surface area contributed by atoms with Crippen LogP contribution in [0.25, 0.3) is 0 Å². The van der Waals surface area contributed by atoms with E-state index in [0.29, 0.717) is 18.0 Å². The van der Waals surface area contributed by atoms with Gasteiger partial charge in [0, 0.05) is 22.4 Å². The van der Waals surface area contributed by atoms with Crippen molar-refractivity contribution in [2.75, 3.05) is 19.0 Å². The van der Waals surface area contributed by atoms with Crippen LogP contribution >= 0.6 is 11.3 Å². The monoisotopic (exact) mass is 280 g/mol. The minimum atomic E-state index is -0.312. The molecule has 1 heterocycles. The summed E-state index contributed by atoms with van der Waals surface area (Å²) in [5.41, 5.74) is 6.18. The smallest absolute Gasteiger partial charge is 0.146 e. The molecule has 0 aliphatic carbocycles. The Morgan fingerprint density at radius 2 is 2.16 bits per heavy atom. The van der Waals surface area contributed by atoms with Gasteiger partial charge in [0.25, 0.3) is 0 Å². The van der Waals surface area contributed by atoms with Gasteiger partial charge in [-0.2, -0.15) is 0 Å². The van der Waals surface area contributed by atoms with Crippen LogP contribution in [0, 0.1) is 12.7 Å². The van der Waals surface area contributed by atoms with Crippen molar-refractivity contribution in [2.45, 2.75) is 13.0 Å². The van der Waals surface area contributed by atoms with Gasteiger partial charge in [-0.25, -0.2) is 4.39 Å². The zero-order chi connectivity index (χ0) is 13.8. The van der Waals surface area contributed by atoms with Crippen molar-refractivity contribution in [3.05, 3.63) is 45.9 Å². The summed E-state index contributed by atoms with van der Waals surface area (Å²) in [5, 5.41) is 3.13. The summed E-state index contributed by atoms with van der Waals surface area (Å²) >= 11 is 1.66. The number of hydrogen-bond acceptors (Lipinski definition) is 4. The molecule has 0 amide bonds. The Hall–Kier alpha value is -1.59. The van der Waals surface area contributed by atoms with E-state index in [2.05, 4.69) is 5.32 Å². The van der Waals surface area contributed by atoms with Gasteiger partial charge in [0.15, 0.2) is 0 Å². The van der Waals surface area contributed by atoms with Crippen molar-refractivity contribution in [3.63, 3.8) is 0 Å². The molecule has 5 heteroatoms. The van der Waals surface area contributed by atoms with Crippen LogP contribution < -0.4 is 15.8 Å². The molecule has 3 nitrogen and oxygen atoms in total. The number of rotatable bonds is 5. The van der Waals surface area contributed by atoms with Crippen molar-refractivity contribution < 1.29 is 9.13 Å². The Labute approximate surface area is 116 Å². The van der Waals surface area contributed by atoms with Crippen LogP contribution in [0.1, 0.15) is 15.8 Å². The molecule has 0 bridgehead atoms. The third-order valence-corrected chi connectivity index (χ3v) is 3.96. The van der Waals surface area contributed by atoms with Crippen molar-refractivity contribution in [1.82, 2.24) is 0 Å². The molecular weight excluding hydrogens is 263 g/mol. The first-order chi connectivity index (χ1) is 9.13. The molecule has 19 heavy (non-hydrogen) atoms. The maximum Gasteiger partial charge on any atom is 0.146 e. The number of hydrogen-bond donors (Lipinski definition) is 2. The molecule has 2 aromatic rings. The molecule has 0 spiro atoms. The lowest BCUT2D eigenvalue weighted by Gasteiger charge is -2.17. The molecule has 1 aromatic carbocycles. The number of halogens is 1. The molecule has 0 saturated carbocycles. The van der Waals surface area contributed by atoms with Gasteiger partial charge in [-0.3, -0.25) is 0 Å². The summed E-state index contributed by atoms with van der Waals surface area (Å²) in [6.45, 7) is 2.43. The second-order valence-electron chi connectivity index (χ2n) is 4.23. The highest BCUT2D eigenvalue weighted by atomic mass is 32.1. The third-order valence-electron chi connectivity index (χ3n) is 2.84. The Kier molecular flexibility index (Phi) is 4.39. The standard InChI is InChI=1S/C14H17FN2OS/c1-9-3-6-14(19-9)13(8-16)17-12-7-10(18-2)4-5-11(12)15/h3-7,13,17H,8,16H2,1-2H3. The van der Waals surface area contributed by atoms with Gasteiger partial charge in [0.05, 0.1) is 18.8 Å². The Morgan fingerprint density at radius 3 is 2.74 bits per heavy atom. The SMILES string of the molecule is COc1ccc(F)c(NC(CN)c2ccc(C)s2)c1. The first-order valence-electron chi connectivity index (χ1n) is 6.00. The highest BCUT2D eigenvalue weighted by Gasteiger charge is 2.14. The first-order valence-corrected chi connectivity index (χ1v) is 6.82. The van der Waals surface area contributed by atoms with Gasteiger partial charge >= 0.3 is 0 Å². The fraction of sp³-hybridized carbons (Fsp3) is 0.286. The number of anilines is 1. The number of nitrogens with two attached hydrogens (primary N) is 1. The minimum absolute atomic E-state index is 0.0969. The minimum Gasteiger partial charge on any atom is -0.497 e. The summed E-state index contributed by atoms with van der Waals surface area (Å²) in [7, 11) is 1.56. The van der Waals surface area contributed by atoms with E-state index in [1.807, 2.05) is 19.1 Å². The molecule has 1 atom stereocenters. The average molecular weight is 280 g/mol. The fourth-order valence-electron chi connectivity index (χ4n) is 1.82. The molecule has 2 rings (SSSR count). The molecule has 1 aromatic heterocycles. The molecule has 0 radical (unpaired) electrons. The van der Waals surface area contributed by atoms with E-state index in [1.165, 1.54) is 10.9 Å². The molecule has 0 aliphatic rings. The van der Waals surface area contributed by atoms with Crippen molar-refractivity contribution >= 4 is 17.0 Å². The number of ether oxygens (including phenoxy) is 1. The maximum atomic E-state index is 13.8. The summed E-state index contributed by atoms with van der Waals surface area (Å²) in [6.07, 6.45) is 0. The number of benzene rings is 1. The van der Waals surface area contributed by atoms with Gasteiger partial charge in [-0.05, 0) is 31.2 Å². The first kappa shape index (κ1) is 13.8. The third kappa shape index (κ3) is 3.24. The summed E-state index contributed by atoms with van der Waals surface area (Å²) in [6, 6.07) is 8.56. The van der Waals surface area contributed by atoms with Crippen LogP contribution in [-0.2, 0) is 0 Å². The zero-order valence-corrected chi connectivity index (χ0v) is 11.8. The topological polar surface area (TPSA) is 47.3 Å². The lowest BCUT2D eigenvalue weighted by atomic mass is 10.2. The van der Waals surface area contributed by atoms with E-state index in [1.54, 1.807) is 30.6 Å². The van der Waals surface area contributed by atoms with Gasteiger partial charge < -0.3 is 15.8 Å². The number of nitrogens with one attached hydrogen (secondary N) is 1. The van der Waals surface area contributed by atoms with E-state index < -0.39 is 0 Å². The van der Waals surface area contributed by atoms with Crippen molar-refractivity contribution in [2.24, 2.45) is 5.73 Å². The Morgan fingerprint density at radius 1 is 1.37 bits per heavy atom. The molecular formula is C14H17FN2OS. The second-order valence-corrected chi connectivity index (χ2v) is 5.55. The van der Waals surface area contributed by atoms with Crippen LogP contribution in [0.15, 0.2) is 30.3 Å². The summed E-state index contributed by atoms with van der Waals surface area (Å²) in [4.78, 5) is 2.31. The predicted octanol–water partition coefficient (Wildman–Crippen LogP) is 3.32. The number of thiophene rings is 1. The van der Waals surface area contributed by atoms with Crippen LogP contribution in [0.4, 0.5) is 10.1 Å². The molecule has 102 valence electrons. The molecule has 0 fully saturated rings. The fourth-order valence-corrected chi connectivity index (χ4v) is 2.76. The van der Waals surface area contributed by atoms with Crippen LogP contribution in [0.2, 0.25) is 0 Å². The van der Waals surface area contributed by atoms with Crippen LogP contribution in [0.5, 0.6) is 5.75 Å². The van der Waals surface area contributed by atoms with Crippen molar-refractivity contribution in [3.8, 4) is 5.75 Å². The van der Waals surface area contributed by atoms with Crippen LogP contribution in [0.3, 0.4) is 0 Å². The normalized spacial score (nSPS) is 12.2. The molecule has 0 aliphatic heterocycles. The lowest BCUT2D eigenvalue weighted by molar-refractivity contribution is 0.414. The zero-order valence-electron chi connectivity index (χ0n) is 10.9. The molecule has 3 N–H and O–H groups in total. The van der Waals surface area contributed by atoms with Gasteiger partial charge in [0.1, 0.15) is 11.6 Å². The maximum absolute atomic E-state index is 13.8. The second kappa shape index (κ2) is 6.04. The van der Waals surface area contributed by atoms with E-state index in [-0.39, 0.29) is 11.9 Å². The molecule has 0 saturated heterocycles. The van der Waals surface area contributed by atoms with E-state index in [4.69, 9.17) is 10.5 Å². The highest BCUT2D eigenvalue weighted by Crippen LogP contribution is 2.28. The number of aryl methyl sites for hydroxylation is 1. The average Bonchev–Trinajstić information content (AvgIpc) is 2.84. The van der Waals surface area contributed by atoms with Crippen LogP contribution in [-0.4, -0.2) is 13.7 Å². The van der Waals surface area contributed by atoms with Gasteiger partial charge in [-0.15, -0.1) is 11.3 Å². The quantitative estimate of drug-likeness (QED) is 0.883. The van der Waals surface area contributed by atoms with Gasteiger partial charge in [-0.1, -0.05) is 0 Å². The summed E-state index contributed by atoms with van der Waals surface area (Å²) in [5.74, 6) is 0.301. The lowest BCUT2D eigenvalue weighted by Crippen LogP contribution is -2.20. The Balaban J connectivity index is 2.23. The number of methoxy groups -OCH3 is 1.